The number of non-ortho nitro benzene ring substituents is 1. The molecule has 5 rings (SSSR count). The van der Waals surface area contributed by atoms with Gasteiger partial charge in [-0.25, -0.2) is 0 Å². The largest absolute Gasteiger partial charge is 0.472 e. The lowest BCUT2D eigenvalue weighted by atomic mass is 9.68. The number of nitro groups is 1. The smallest absolute Gasteiger partial charge is 0.270 e. The molecule has 0 spiro atoms. The highest BCUT2D eigenvalue weighted by Crippen LogP contribution is 2.53. The second-order valence-corrected chi connectivity index (χ2v) is 8.49. The third-order valence-electron chi connectivity index (χ3n) is 6.80. The fourth-order valence-electron chi connectivity index (χ4n) is 5.36. The van der Waals surface area contributed by atoms with Crippen LogP contribution in [-0.4, -0.2) is 41.9 Å². The van der Waals surface area contributed by atoms with Gasteiger partial charge >= 0.3 is 0 Å². The summed E-state index contributed by atoms with van der Waals surface area (Å²) in [5.74, 6) is 7.61. The molecule has 1 saturated carbocycles. The zero-order chi connectivity index (χ0) is 21.3. The van der Waals surface area contributed by atoms with E-state index in [0.717, 1.165) is 55.6 Å². The topological polar surface area (TPSA) is 64.8 Å². The van der Waals surface area contributed by atoms with Gasteiger partial charge in [-0.3, -0.25) is 15.0 Å². The number of nitro benzene ring substituents is 1. The average molecular weight is 418 g/mol. The Hall–Kier alpha value is -2.88. The van der Waals surface area contributed by atoms with Gasteiger partial charge in [-0.15, -0.1) is 0 Å². The SMILES string of the molecule is O=[N+]([O-])c1ccc2c(c1)[C@@H](C#Cc1ccccc1)[C@H]1CCCC[C@]1(N1CCOCC1)O2. The Bertz CT molecular complexity index is 1020. The summed E-state index contributed by atoms with van der Waals surface area (Å²) in [7, 11) is 0. The van der Waals surface area contributed by atoms with Crippen LogP contribution in [0.2, 0.25) is 0 Å². The van der Waals surface area contributed by atoms with Crippen molar-refractivity contribution in [2.24, 2.45) is 5.92 Å². The molecule has 0 radical (unpaired) electrons. The second kappa shape index (κ2) is 8.33. The van der Waals surface area contributed by atoms with Gasteiger partial charge in [-0.05, 0) is 31.0 Å². The molecule has 6 nitrogen and oxygen atoms in total. The van der Waals surface area contributed by atoms with Crippen molar-refractivity contribution < 1.29 is 14.4 Å². The quantitative estimate of drug-likeness (QED) is 0.412. The van der Waals surface area contributed by atoms with Gasteiger partial charge in [0.15, 0.2) is 5.72 Å². The molecule has 2 aromatic carbocycles. The van der Waals surface area contributed by atoms with Crippen molar-refractivity contribution in [1.29, 1.82) is 0 Å². The molecule has 1 saturated heterocycles. The zero-order valence-corrected chi connectivity index (χ0v) is 17.5. The molecule has 0 N–H and O–H groups in total. The monoisotopic (exact) mass is 418 g/mol. The Labute approximate surface area is 182 Å². The molecular formula is C25H26N2O4. The first-order valence-electron chi connectivity index (χ1n) is 11.0. The molecular weight excluding hydrogens is 392 g/mol. The number of hydrogen-bond acceptors (Lipinski definition) is 5. The van der Waals surface area contributed by atoms with Crippen LogP contribution in [-0.2, 0) is 4.74 Å². The van der Waals surface area contributed by atoms with E-state index in [4.69, 9.17) is 9.47 Å². The second-order valence-electron chi connectivity index (χ2n) is 8.49. The van der Waals surface area contributed by atoms with E-state index < -0.39 is 5.72 Å². The molecule has 0 unspecified atom stereocenters. The molecule has 31 heavy (non-hydrogen) atoms. The number of nitrogens with zero attached hydrogens (tertiary/aromatic N) is 2. The van der Waals surface area contributed by atoms with Crippen LogP contribution in [0, 0.1) is 27.9 Å². The summed E-state index contributed by atoms with van der Waals surface area (Å²) in [6, 6.07) is 14.9. The van der Waals surface area contributed by atoms with Gasteiger partial charge < -0.3 is 9.47 Å². The van der Waals surface area contributed by atoms with Crippen molar-refractivity contribution in [2.45, 2.75) is 37.3 Å². The lowest BCUT2D eigenvalue weighted by Crippen LogP contribution is -2.64. The maximum atomic E-state index is 11.5. The molecule has 160 valence electrons. The van der Waals surface area contributed by atoms with Crippen molar-refractivity contribution in [2.75, 3.05) is 26.3 Å². The zero-order valence-electron chi connectivity index (χ0n) is 17.5. The predicted molar refractivity (Wildman–Crippen MR) is 117 cm³/mol. The Morgan fingerprint density at radius 3 is 2.68 bits per heavy atom. The third-order valence-corrected chi connectivity index (χ3v) is 6.80. The number of hydrogen-bond donors (Lipinski definition) is 0. The summed E-state index contributed by atoms with van der Waals surface area (Å²) in [4.78, 5) is 13.6. The van der Waals surface area contributed by atoms with Crippen molar-refractivity contribution in [3.05, 3.63) is 69.8 Å². The van der Waals surface area contributed by atoms with E-state index in [1.165, 1.54) is 6.07 Å². The fraction of sp³-hybridized carbons (Fsp3) is 0.440. The van der Waals surface area contributed by atoms with Crippen molar-refractivity contribution in [3.63, 3.8) is 0 Å². The van der Waals surface area contributed by atoms with Crippen molar-refractivity contribution in [1.82, 2.24) is 4.90 Å². The number of ether oxygens (including phenoxy) is 2. The first kappa shape index (κ1) is 20.0. The van der Waals surface area contributed by atoms with Gasteiger partial charge in [0.1, 0.15) is 5.75 Å². The van der Waals surface area contributed by atoms with E-state index in [1.807, 2.05) is 30.3 Å². The molecule has 3 aliphatic rings. The van der Waals surface area contributed by atoms with Gasteiger partial charge in [0, 0.05) is 48.7 Å². The molecule has 0 amide bonds. The van der Waals surface area contributed by atoms with Crippen LogP contribution >= 0.6 is 0 Å². The van der Waals surface area contributed by atoms with Crippen LogP contribution in [0.25, 0.3) is 0 Å². The van der Waals surface area contributed by atoms with Gasteiger partial charge in [0.05, 0.1) is 24.1 Å². The molecule has 0 aromatic heterocycles. The van der Waals surface area contributed by atoms with Crippen LogP contribution < -0.4 is 4.74 Å². The Morgan fingerprint density at radius 2 is 1.90 bits per heavy atom. The Balaban J connectivity index is 1.63. The molecule has 2 aromatic rings. The molecule has 2 fully saturated rings. The summed E-state index contributed by atoms with van der Waals surface area (Å²) in [6.45, 7) is 3.06. The minimum Gasteiger partial charge on any atom is -0.472 e. The number of morpholine rings is 1. The van der Waals surface area contributed by atoms with E-state index in [1.54, 1.807) is 12.1 Å². The van der Waals surface area contributed by atoms with E-state index in [0.29, 0.717) is 13.2 Å². The average Bonchev–Trinajstić information content (AvgIpc) is 2.82. The Morgan fingerprint density at radius 1 is 1.10 bits per heavy atom. The summed E-state index contributed by atoms with van der Waals surface area (Å²) in [5, 5.41) is 11.5. The van der Waals surface area contributed by atoms with Gasteiger partial charge in [0.2, 0.25) is 0 Å². The molecule has 1 aliphatic carbocycles. The van der Waals surface area contributed by atoms with E-state index in [9.17, 15) is 10.1 Å². The molecule has 0 bridgehead atoms. The summed E-state index contributed by atoms with van der Waals surface area (Å²) < 4.78 is 12.4. The van der Waals surface area contributed by atoms with Crippen LogP contribution in [0.3, 0.4) is 0 Å². The summed E-state index contributed by atoms with van der Waals surface area (Å²) in [6.07, 6.45) is 4.16. The van der Waals surface area contributed by atoms with Crippen molar-refractivity contribution in [3.8, 4) is 17.6 Å². The first-order chi connectivity index (χ1) is 15.2. The van der Waals surface area contributed by atoms with E-state index in [2.05, 4.69) is 16.7 Å². The maximum Gasteiger partial charge on any atom is 0.270 e. The highest BCUT2D eigenvalue weighted by Gasteiger charge is 2.54. The molecule has 6 heteroatoms. The standard InChI is InChI=1S/C25H26N2O4/c28-27(29)20-10-12-24-22(18-20)21(11-9-19-6-2-1-3-7-19)23-8-4-5-13-25(23,31-24)26-14-16-30-17-15-26/h1-3,6-7,10,12,18,21,23H,4-5,8,13-17H2/t21-,23-,25+/m1/s1. The molecule has 2 heterocycles. The minimum atomic E-state index is -0.429. The molecule has 2 aliphatic heterocycles. The number of rotatable bonds is 2. The van der Waals surface area contributed by atoms with Gasteiger partial charge in [0.25, 0.3) is 5.69 Å². The third kappa shape index (κ3) is 3.69. The first-order valence-corrected chi connectivity index (χ1v) is 11.0. The van der Waals surface area contributed by atoms with E-state index in [-0.39, 0.29) is 22.4 Å². The number of fused-ring (bicyclic) bond motifs is 2. The summed E-state index contributed by atoms with van der Waals surface area (Å²) >= 11 is 0. The van der Waals surface area contributed by atoms with Crippen LogP contribution in [0.5, 0.6) is 5.75 Å². The lowest BCUT2D eigenvalue weighted by molar-refractivity contribution is -0.385. The Kier molecular flexibility index (Phi) is 5.39. The van der Waals surface area contributed by atoms with Gasteiger partial charge in [-0.1, -0.05) is 36.5 Å². The van der Waals surface area contributed by atoms with Crippen LogP contribution in [0.15, 0.2) is 48.5 Å². The minimum absolute atomic E-state index is 0.0866. The van der Waals surface area contributed by atoms with Gasteiger partial charge in [-0.2, -0.15) is 0 Å². The lowest BCUT2D eigenvalue weighted by Gasteiger charge is -2.55. The fourth-order valence-corrected chi connectivity index (χ4v) is 5.36. The van der Waals surface area contributed by atoms with Crippen LogP contribution in [0.1, 0.15) is 42.7 Å². The normalized spacial score (nSPS) is 27.7. The van der Waals surface area contributed by atoms with Crippen LogP contribution in [0.4, 0.5) is 5.69 Å². The number of benzene rings is 2. The highest BCUT2D eigenvalue weighted by molar-refractivity contribution is 5.52. The predicted octanol–water partition coefficient (Wildman–Crippen LogP) is 4.34. The molecule has 3 atom stereocenters. The van der Waals surface area contributed by atoms with Crippen molar-refractivity contribution >= 4 is 5.69 Å². The highest BCUT2D eigenvalue weighted by atomic mass is 16.6. The maximum absolute atomic E-state index is 11.5. The van der Waals surface area contributed by atoms with E-state index >= 15 is 0 Å². The summed E-state index contributed by atoms with van der Waals surface area (Å²) in [5.41, 5.74) is 1.45.